The van der Waals surface area contributed by atoms with Gasteiger partial charge in [-0.2, -0.15) is 4.98 Å². The molecular weight excluding hydrogens is 244 g/mol. The van der Waals surface area contributed by atoms with Gasteiger partial charge in [0, 0.05) is 13.1 Å². The molecule has 0 radical (unpaired) electrons. The van der Waals surface area contributed by atoms with Gasteiger partial charge in [-0.3, -0.25) is 9.78 Å². The number of nitrogens with zero attached hydrogens (tertiary/aromatic N) is 3. The van der Waals surface area contributed by atoms with Crippen molar-refractivity contribution in [3.8, 4) is 5.88 Å². The third-order valence-corrected chi connectivity index (χ3v) is 3.79. The Balaban J connectivity index is 1.84. The molecule has 0 aromatic carbocycles. The van der Waals surface area contributed by atoms with Gasteiger partial charge < -0.3 is 15.0 Å². The van der Waals surface area contributed by atoms with Gasteiger partial charge in [0.1, 0.15) is 0 Å². The smallest absolute Gasteiger partial charge is 0.234 e. The fraction of sp³-hybridized carbons (Fsp3) is 0.615. The van der Waals surface area contributed by atoms with Crippen molar-refractivity contribution < 1.29 is 9.53 Å². The molecule has 2 aliphatic rings. The van der Waals surface area contributed by atoms with Crippen LogP contribution in [0.4, 0.5) is 5.82 Å². The van der Waals surface area contributed by atoms with Crippen LogP contribution in [0.15, 0.2) is 12.4 Å². The number of nitrogens with one attached hydrogen (secondary N) is 1. The number of hydrogen-bond acceptors (Lipinski definition) is 5. The number of rotatable bonds is 3. The van der Waals surface area contributed by atoms with Gasteiger partial charge in [0.2, 0.25) is 11.8 Å². The highest BCUT2D eigenvalue weighted by Gasteiger charge is 2.41. The van der Waals surface area contributed by atoms with E-state index in [9.17, 15) is 4.79 Å². The number of ether oxygens (including phenoxy) is 1. The topological polar surface area (TPSA) is 67.3 Å². The highest BCUT2D eigenvalue weighted by molar-refractivity contribution is 5.83. The summed E-state index contributed by atoms with van der Waals surface area (Å²) in [6, 6.07) is 0.201. The van der Waals surface area contributed by atoms with E-state index in [2.05, 4.69) is 20.2 Å². The number of carbonyl (C=O) groups excluding carboxylic acids is 1. The lowest BCUT2D eigenvalue weighted by atomic mass is 9.91. The first-order valence-corrected chi connectivity index (χ1v) is 6.79. The summed E-state index contributed by atoms with van der Waals surface area (Å²) in [6.07, 6.45) is 5.33. The molecule has 3 rings (SSSR count). The maximum Gasteiger partial charge on any atom is 0.234 e. The monoisotopic (exact) mass is 262 g/mol. The van der Waals surface area contributed by atoms with Crippen molar-refractivity contribution in [1.29, 1.82) is 0 Å². The Labute approximate surface area is 112 Å². The van der Waals surface area contributed by atoms with Gasteiger partial charge in [-0.15, -0.1) is 0 Å². The van der Waals surface area contributed by atoms with Crippen LogP contribution in [-0.2, 0) is 4.79 Å². The lowest BCUT2D eigenvalue weighted by Gasteiger charge is -2.36. The predicted octanol–water partition coefficient (Wildman–Crippen LogP) is 0.590. The fourth-order valence-corrected chi connectivity index (χ4v) is 2.93. The summed E-state index contributed by atoms with van der Waals surface area (Å²) in [5.74, 6) is 1.60. The zero-order chi connectivity index (χ0) is 13.2. The zero-order valence-electron chi connectivity index (χ0n) is 11.0. The second-order valence-electron chi connectivity index (χ2n) is 4.90. The molecule has 19 heavy (non-hydrogen) atoms. The van der Waals surface area contributed by atoms with Gasteiger partial charge in [0.05, 0.1) is 31.0 Å². The summed E-state index contributed by atoms with van der Waals surface area (Å²) in [5.41, 5.74) is 0. The van der Waals surface area contributed by atoms with E-state index in [-0.39, 0.29) is 17.9 Å². The molecule has 1 aromatic rings. The molecule has 1 aromatic heterocycles. The molecule has 2 saturated heterocycles. The van der Waals surface area contributed by atoms with Gasteiger partial charge in [-0.25, -0.2) is 0 Å². The van der Waals surface area contributed by atoms with Gasteiger partial charge in [0.25, 0.3) is 0 Å². The second kappa shape index (κ2) is 5.03. The second-order valence-corrected chi connectivity index (χ2v) is 4.90. The molecule has 0 aliphatic carbocycles. The van der Waals surface area contributed by atoms with E-state index < -0.39 is 0 Å². The Morgan fingerprint density at radius 3 is 3.26 bits per heavy atom. The number of piperidine rings is 1. The van der Waals surface area contributed by atoms with E-state index in [0.717, 1.165) is 25.2 Å². The van der Waals surface area contributed by atoms with Crippen LogP contribution in [0.3, 0.4) is 0 Å². The molecule has 6 heteroatoms. The summed E-state index contributed by atoms with van der Waals surface area (Å²) in [5, 5.41) is 2.94. The summed E-state index contributed by atoms with van der Waals surface area (Å²) in [7, 11) is 0. The van der Waals surface area contributed by atoms with Crippen molar-refractivity contribution in [3.05, 3.63) is 12.4 Å². The van der Waals surface area contributed by atoms with E-state index in [1.54, 1.807) is 12.4 Å². The van der Waals surface area contributed by atoms with Crippen LogP contribution in [0, 0.1) is 5.92 Å². The van der Waals surface area contributed by atoms with E-state index in [0.29, 0.717) is 19.0 Å². The first-order valence-electron chi connectivity index (χ1n) is 6.79. The average molecular weight is 262 g/mol. The number of amides is 1. The maximum atomic E-state index is 11.8. The predicted molar refractivity (Wildman–Crippen MR) is 70.1 cm³/mol. The van der Waals surface area contributed by atoms with Crippen LogP contribution in [0.5, 0.6) is 5.88 Å². The molecule has 0 saturated carbocycles. The van der Waals surface area contributed by atoms with Gasteiger partial charge in [0.15, 0.2) is 5.82 Å². The van der Waals surface area contributed by atoms with Crippen LogP contribution >= 0.6 is 0 Å². The standard InChI is InChI=1S/C13H18N4O2/c1-2-19-12-8-14-7-11(16-12)17-5-3-4-9-10(17)6-15-13(9)18/h7-10H,2-6H2,1H3,(H,15,18)/t9-,10-/m1/s1. The molecule has 0 bridgehead atoms. The molecule has 1 N–H and O–H groups in total. The summed E-state index contributed by atoms with van der Waals surface area (Å²) >= 11 is 0. The molecule has 2 fully saturated rings. The molecule has 2 aliphatic heterocycles. The molecule has 0 spiro atoms. The van der Waals surface area contributed by atoms with E-state index in [1.807, 2.05) is 6.92 Å². The van der Waals surface area contributed by atoms with Gasteiger partial charge >= 0.3 is 0 Å². The Morgan fingerprint density at radius 1 is 1.53 bits per heavy atom. The molecular formula is C13H18N4O2. The Hall–Kier alpha value is -1.85. The average Bonchev–Trinajstić information content (AvgIpc) is 2.81. The van der Waals surface area contributed by atoms with Crippen LogP contribution in [0.2, 0.25) is 0 Å². The third-order valence-electron chi connectivity index (χ3n) is 3.79. The van der Waals surface area contributed by atoms with Gasteiger partial charge in [-0.1, -0.05) is 0 Å². The Kier molecular flexibility index (Phi) is 3.23. The van der Waals surface area contributed by atoms with Crippen LogP contribution in [0.25, 0.3) is 0 Å². The molecule has 102 valence electrons. The SMILES string of the molecule is CCOc1cncc(N2CCC[C@H]3C(=O)NC[C@H]32)n1. The molecule has 6 nitrogen and oxygen atoms in total. The molecule has 0 unspecified atom stereocenters. The Bertz CT molecular complexity index is 479. The van der Waals surface area contributed by atoms with Crippen molar-refractivity contribution >= 4 is 11.7 Å². The van der Waals surface area contributed by atoms with Crippen molar-refractivity contribution in [2.45, 2.75) is 25.8 Å². The number of anilines is 1. The number of hydrogen-bond donors (Lipinski definition) is 1. The van der Waals surface area contributed by atoms with E-state index in [4.69, 9.17) is 4.74 Å². The fourth-order valence-electron chi connectivity index (χ4n) is 2.93. The lowest BCUT2D eigenvalue weighted by Crippen LogP contribution is -2.46. The van der Waals surface area contributed by atoms with Crippen molar-refractivity contribution in [1.82, 2.24) is 15.3 Å². The highest BCUT2D eigenvalue weighted by Crippen LogP contribution is 2.30. The number of carbonyl (C=O) groups is 1. The molecule has 2 atom stereocenters. The number of fused-ring (bicyclic) bond motifs is 1. The summed E-state index contributed by atoms with van der Waals surface area (Å²) < 4.78 is 5.39. The maximum absolute atomic E-state index is 11.8. The van der Waals surface area contributed by atoms with Crippen molar-refractivity contribution in [2.24, 2.45) is 5.92 Å². The number of aromatic nitrogens is 2. The van der Waals surface area contributed by atoms with Crippen LogP contribution in [-0.4, -0.2) is 41.6 Å². The Morgan fingerprint density at radius 2 is 2.42 bits per heavy atom. The van der Waals surface area contributed by atoms with Gasteiger partial charge in [-0.05, 0) is 19.8 Å². The third kappa shape index (κ3) is 2.22. The normalized spacial score (nSPS) is 25.9. The van der Waals surface area contributed by atoms with E-state index >= 15 is 0 Å². The summed E-state index contributed by atoms with van der Waals surface area (Å²) in [6.45, 7) is 4.11. The largest absolute Gasteiger partial charge is 0.477 e. The highest BCUT2D eigenvalue weighted by atomic mass is 16.5. The minimum absolute atomic E-state index is 0.0892. The van der Waals surface area contributed by atoms with Crippen molar-refractivity contribution in [3.63, 3.8) is 0 Å². The quantitative estimate of drug-likeness (QED) is 0.863. The minimum Gasteiger partial charge on any atom is -0.477 e. The molecule has 3 heterocycles. The lowest BCUT2D eigenvalue weighted by molar-refractivity contribution is -0.122. The van der Waals surface area contributed by atoms with Crippen LogP contribution in [0.1, 0.15) is 19.8 Å². The summed E-state index contributed by atoms with van der Waals surface area (Å²) in [4.78, 5) is 22.6. The zero-order valence-corrected chi connectivity index (χ0v) is 11.0. The van der Waals surface area contributed by atoms with Crippen LogP contribution < -0.4 is 15.0 Å². The first-order chi connectivity index (χ1) is 9.29. The minimum atomic E-state index is 0.0892. The van der Waals surface area contributed by atoms with E-state index in [1.165, 1.54) is 0 Å². The van der Waals surface area contributed by atoms with Crippen molar-refractivity contribution in [2.75, 3.05) is 24.6 Å². The first kappa shape index (κ1) is 12.2. The molecule has 1 amide bonds.